The van der Waals surface area contributed by atoms with Gasteiger partial charge in [0.25, 0.3) is 0 Å². The lowest BCUT2D eigenvalue weighted by atomic mass is 10.1. The monoisotopic (exact) mass is 298 g/mol. The maximum atomic E-state index is 12.3. The second kappa shape index (κ2) is 3.81. The molecule has 0 fully saturated rings. The minimum Gasteiger partial charge on any atom is -0.454 e. The first-order chi connectivity index (χ1) is 7.39. The molecule has 1 aliphatic heterocycles. The smallest absolute Gasteiger partial charge is 0.418 e. The molecule has 0 spiro atoms. The Morgan fingerprint density at radius 2 is 1.81 bits per heavy atom. The number of aliphatic hydroxyl groups is 1. The van der Waals surface area contributed by atoms with Crippen molar-refractivity contribution in [3.8, 4) is 11.5 Å². The summed E-state index contributed by atoms with van der Waals surface area (Å²) >= 11 is 2.95. The van der Waals surface area contributed by atoms with Gasteiger partial charge in [-0.25, -0.2) is 0 Å². The van der Waals surface area contributed by atoms with E-state index in [2.05, 4.69) is 15.9 Å². The average molecular weight is 299 g/mol. The first kappa shape index (κ1) is 11.5. The molecule has 3 nitrogen and oxygen atoms in total. The highest BCUT2D eigenvalue weighted by Gasteiger charge is 2.41. The summed E-state index contributed by atoms with van der Waals surface area (Å²) in [5, 5.41) is 9.12. The Balaban J connectivity index is 2.42. The molecule has 0 amide bonds. The summed E-state index contributed by atoms with van der Waals surface area (Å²) in [6.45, 7) is -0.0344. The fourth-order valence-corrected chi connectivity index (χ4v) is 1.86. The van der Waals surface area contributed by atoms with Gasteiger partial charge >= 0.3 is 6.18 Å². The van der Waals surface area contributed by atoms with Crippen LogP contribution in [0.3, 0.4) is 0 Å². The quantitative estimate of drug-likeness (QED) is 0.866. The molecule has 1 aromatic rings. The molecule has 0 aliphatic carbocycles. The van der Waals surface area contributed by atoms with Crippen molar-refractivity contribution in [2.24, 2.45) is 0 Å². The molecule has 7 heteroatoms. The molecule has 88 valence electrons. The Morgan fingerprint density at radius 3 is 2.38 bits per heavy atom. The minimum atomic E-state index is -4.71. The molecule has 1 aliphatic rings. The van der Waals surface area contributed by atoms with E-state index in [1.54, 1.807) is 0 Å². The van der Waals surface area contributed by atoms with Gasteiger partial charge in [0, 0.05) is 10.0 Å². The van der Waals surface area contributed by atoms with Crippen LogP contribution in [0.25, 0.3) is 0 Å². The van der Waals surface area contributed by atoms with Crippen molar-refractivity contribution in [2.45, 2.75) is 12.3 Å². The SMILES string of the molecule is OC(c1cc2c(cc1Br)OCO2)C(F)(F)F. The highest BCUT2D eigenvalue weighted by molar-refractivity contribution is 9.10. The Labute approximate surface area is 96.9 Å². The third-order valence-corrected chi connectivity index (χ3v) is 2.78. The van der Waals surface area contributed by atoms with Gasteiger partial charge in [0.05, 0.1) is 0 Å². The third kappa shape index (κ3) is 1.97. The van der Waals surface area contributed by atoms with Crippen LogP contribution in [0, 0.1) is 0 Å². The van der Waals surface area contributed by atoms with E-state index >= 15 is 0 Å². The Bertz CT molecular complexity index is 419. The van der Waals surface area contributed by atoms with E-state index in [4.69, 9.17) is 14.6 Å². The number of hydrogen-bond acceptors (Lipinski definition) is 3. The third-order valence-electron chi connectivity index (χ3n) is 2.10. The van der Waals surface area contributed by atoms with Crippen molar-refractivity contribution in [3.05, 3.63) is 22.2 Å². The summed E-state index contributed by atoms with van der Waals surface area (Å²) in [4.78, 5) is 0. The van der Waals surface area contributed by atoms with Crippen LogP contribution in [0.5, 0.6) is 11.5 Å². The molecule has 1 aromatic carbocycles. The second-order valence-electron chi connectivity index (χ2n) is 3.17. The normalized spacial score (nSPS) is 16.3. The van der Waals surface area contributed by atoms with Crippen LogP contribution >= 0.6 is 15.9 Å². The number of benzene rings is 1. The van der Waals surface area contributed by atoms with E-state index in [9.17, 15) is 13.2 Å². The summed E-state index contributed by atoms with van der Waals surface area (Å²) < 4.78 is 47.0. The molecule has 0 bridgehead atoms. The van der Waals surface area contributed by atoms with Crippen LogP contribution in [0.2, 0.25) is 0 Å². The fraction of sp³-hybridized carbons (Fsp3) is 0.333. The molecular formula is C9H6BrF3O3. The van der Waals surface area contributed by atoms with Crippen LogP contribution < -0.4 is 9.47 Å². The number of hydrogen-bond donors (Lipinski definition) is 1. The number of halogens is 4. The van der Waals surface area contributed by atoms with Crippen LogP contribution in [-0.4, -0.2) is 18.1 Å². The van der Waals surface area contributed by atoms with E-state index in [-0.39, 0.29) is 22.6 Å². The zero-order chi connectivity index (χ0) is 11.9. The van der Waals surface area contributed by atoms with Crippen LogP contribution in [0.1, 0.15) is 11.7 Å². The van der Waals surface area contributed by atoms with Gasteiger partial charge in [-0.1, -0.05) is 15.9 Å². The molecule has 1 unspecified atom stereocenters. The summed E-state index contributed by atoms with van der Waals surface area (Å²) in [5.41, 5.74) is -0.295. The molecule has 0 radical (unpaired) electrons. The maximum absolute atomic E-state index is 12.3. The van der Waals surface area contributed by atoms with Gasteiger partial charge in [-0.2, -0.15) is 13.2 Å². The molecule has 2 rings (SSSR count). The summed E-state index contributed by atoms with van der Waals surface area (Å²) in [6.07, 6.45) is -7.26. The van der Waals surface area contributed by atoms with E-state index in [0.717, 1.165) is 6.07 Å². The van der Waals surface area contributed by atoms with Crippen molar-refractivity contribution in [3.63, 3.8) is 0 Å². The summed E-state index contributed by atoms with van der Waals surface area (Å²) in [6, 6.07) is 2.46. The molecule has 0 saturated heterocycles. The van der Waals surface area contributed by atoms with Crippen LogP contribution in [0.15, 0.2) is 16.6 Å². The van der Waals surface area contributed by atoms with E-state index in [0.29, 0.717) is 5.75 Å². The molecule has 0 saturated carbocycles. The van der Waals surface area contributed by atoms with Crippen molar-refractivity contribution >= 4 is 15.9 Å². The van der Waals surface area contributed by atoms with Gasteiger partial charge in [-0.15, -0.1) is 0 Å². The largest absolute Gasteiger partial charge is 0.454 e. The standard InChI is InChI=1S/C9H6BrF3O3/c10-5-2-7-6(15-3-16-7)1-4(5)8(14)9(11,12)13/h1-2,8,14H,3H2. The van der Waals surface area contributed by atoms with Crippen LogP contribution in [0.4, 0.5) is 13.2 Å². The molecule has 1 atom stereocenters. The Kier molecular flexibility index (Phi) is 2.75. The van der Waals surface area contributed by atoms with Crippen molar-refractivity contribution < 1.29 is 27.8 Å². The maximum Gasteiger partial charge on any atom is 0.418 e. The first-order valence-corrected chi connectivity index (χ1v) is 5.02. The second-order valence-corrected chi connectivity index (χ2v) is 4.03. The van der Waals surface area contributed by atoms with Crippen molar-refractivity contribution in [1.82, 2.24) is 0 Å². The number of ether oxygens (including phenoxy) is 2. The predicted molar refractivity (Wildman–Crippen MR) is 51.3 cm³/mol. The Morgan fingerprint density at radius 1 is 1.25 bits per heavy atom. The average Bonchev–Trinajstić information content (AvgIpc) is 2.60. The van der Waals surface area contributed by atoms with Gasteiger partial charge in [0.1, 0.15) is 0 Å². The van der Waals surface area contributed by atoms with Gasteiger partial charge in [-0.05, 0) is 12.1 Å². The predicted octanol–water partition coefficient (Wildman–Crippen LogP) is 2.77. The fourth-order valence-electron chi connectivity index (χ4n) is 1.32. The zero-order valence-electron chi connectivity index (χ0n) is 7.71. The summed E-state index contributed by atoms with van der Waals surface area (Å²) in [7, 11) is 0. The highest BCUT2D eigenvalue weighted by Crippen LogP contribution is 2.42. The van der Waals surface area contributed by atoms with E-state index in [1.807, 2.05) is 0 Å². The lowest BCUT2D eigenvalue weighted by molar-refractivity contribution is -0.207. The Hall–Kier alpha value is -0.950. The highest BCUT2D eigenvalue weighted by atomic mass is 79.9. The molecule has 16 heavy (non-hydrogen) atoms. The van der Waals surface area contributed by atoms with Gasteiger partial charge < -0.3 is 14.6 Å². The van der Waals surface area contributed by atoms with Gasteiger partial charge in [0.2, 0.25) is 6.79 Å². The molecule has 1 N–H and O–H groups in total. The molecule has 1 heterocycles. The molecular weight excluding hydrogens is 293 g/mol. The summed E-state index contributed by atoms with van der Waals surface area (Å²) in [5.74, 6) is 0.548. The minimum absolute atomic E-state index is 0.0344. The van der Waals surface area contributed by atoms with Crippen molar-refractivity contribution in [1.29, 1.82) is 0 Å². The van der Waals surface area contributed by atoms with E-state index < -0.39 is 12.3 Å². The topological polar surface area (TPSA) is 38.7 Å². The first-order valence-electron chi connectivity index (χ1n) is 4.23. The lowest BCUT2D eigenvalue weighted by Crippen LogP contribution is -2.20. The van der Waals surface area contributed by atoms with Crippen LogP contribution in [-0.2, 0) is 0 Å². The number of aliphatic hydroxyl groups excluding tert-OH is 1. The molecule has 0 aromatic heterocycles. The van der Waals surface area contributed by atoms with E-state index in [1.165, 1.54) is 6.07 Å². The van der Waals surface area contributed by atoms with Gasteiger partial charge in [-0.3, -0.25) is 0 Å². The number of fused-ring (bicyclic) bond motifs is 1. The lowest BCUT2D eigenvalue weighted by Gasteiger charge is -2.16. The van der Waals surface area contributed by atoms with Gasteiger partial charge in [0.15, 0.2) is 17.6 Å². The number of rotatable bonds is 1. The number of alkyl halides is 3. The zero-order valence-corrected chi connectivity index (χ0v) is 9.30. The van der Waals surface area contributed by atoms with Crippen molar-refractivity contribution in [2.75, 3.05) is 6.79 Å².